The van der Waals surface area contributed by atoms with E-state index in [2.05, 4.69) is 5.32 Å². The molecule has 5 heteroatoms. The number of hydrogen-bond acceptors (Lipinski definition) is 4. The highest BCUT2D eigenvalue weighted by atomic mass is 16.5. The van der Waals surface area contributed by atoms with Crippen molar-refractivity contribution >= 4 is 11.9 Å². The number of nitrogens with zero attached hydrogens (tertiary/aromatic N) is 1. The zero-order valence-electron chi connectivity index (χ0n) is 11.1. The summed E-state index contributed by atoms with van der Waals surface area (Å²) in [6, 6.07) is 0.00403. The van der Waals surface area contributed by atoms with Crippen LogP contribution in [0.3, 0.4) is 0 Å². The van der Waals surface area contributed by atoms with Crippen LogP contribution in [0.25, 0.3) is 0 Å². The standard InChI is InChI=1S/C13H22N2O3/c1-3-18-13(17)10-7-11(16)15(2)12(10)9-5-4-6-14-8-9/h9-10,12,14H,3-8H2,1-2H3. The second-order valence-corrected chi connectivity index (χ2v) is 5.16. The number of likely N-dealkylation sites (tertiary alicyclic amines) is 1. The maximum atomic E-state index is 12.0. The summed E-state index contributed by atoms with van der Waals surface area (Å²) in [5.41, 5.74) is 0. The number of carbonyl (C=O) groups is 2. The van der Waals surface area contributed by atoms with Gasteiger partial charge < -0.3 is 15.0 Å². The van der Waals surface area contributed by atoms with Gasteiger partial charge in [-0.2, -0.15) is 0 Å². The van der Waals surface area contributed by atoms with Gasteiger partial charge in [-0.3, -0.25) is 9.59 Å². The van der Waals surface area contributed by atoms with Crippen LogP contribution in [0.5, 0.6) is 0 Å². The Bertz CT molecular complexity index is 326. The van der Waals surface area contributed by atoms with Crippen molar-refractivity contribution in [1.29, 1.82) is 0 Å². The summed E-state index contributed by atoms with van der Waals surface area (Å²) in [6.07, 6.45) is 2.49. The van der Waals surface area contributed by atoms with E-state index in [1.54, 1.807) is 18.9 Å². The third kappa shape index (κ3) is 2.51. The molecule has 3 unspecified atom stereocenters. The number of amides is 1. The number of piperidine rings is 1. The second-order valence-electron chi connectivity index (χ2n) is 5.16. The third-order valence-electron chi connectivity index (χ3n) is 4.05. The predicted octanol–water partition coefficient (Wildman–Crippen LogP) is 0.396. The van der Waals surface area contributed by atoms with Gasteiger partial charge in [0.1, 0.15) is 0 Å². The Morgan fingerprint density at radius 2 is 2.33 bits per heavy atom. The predicted molar refractivity (Wildman–Crippen MR) is 66.9 cm³/mol. The van der Waals surface area contributed by atoms with E-state index in [1.807, 2.05) is 0 Å². The van der Waals surface area contributed by atoms with Crippen molar-refractivity contribution in [1.82, 2.24) is 10.2 Å². The molecule has 2 rings (SSSR count). The lowest BCUT2D eigenvalue weighted by Crippen LogP contribution is -2.46. The molecular weight excluding hydrogens is 232 g/mol. The zero-order valence-corrected chi connectivity index (χ0v) is 11.1. The number of carbonyl (C=O) groups excluding carboxylic acids is 2. The van der Waals surface area contributed by atoms with Gasteiger partial charge in [0.2, 0.25) is 5.91 Å². The SMILES string of the molecule is CCOC(=O)C1CC(=O)N(C)C1C1CCCNC1. The van der Waals surface area contributed by atoms with Crippen molar-refractivity contribution in [2.24, 2.45) is 11.8 Å². The molecule has 102 valence electrons. The van der Waals surface area contributed by atoms with Crippen molar-refractivity contribution < 1.29 is 14.3 Å². The summed E-state index contributed by atoms with van der Waals surface area (Å²) >= 11 is 0. The Kier molecular flexibility index (Phi) is 4.22. The van der Waals surface area contributed by atoms with Crippen molar-refractivity contribution in [3.8, 4) is 0 Å². The molecule has 2 saturated heterocycles. The monoisotopic (exact) mass is 254 g/mol. The summed E-state index contributed by atoms with van der Waals surface area (Å²) < 4.78 is 5.11. The van der Waals surface area contributed by atoms with Gasteiger partial charge >= 0.3 is 5.97 Å². The van der Waals surface area contributed by atoms with Gasteiger partial charge in [0.25, 0.3) is 0 Å². The van der Waals surface area contributed by atoms with Crippen LogP contribution in [-0.4, -0.2) is 49.6 Å². The highest BCUT2D eigenvalue weighted by Crippen LogP contribution is 2.33. The number of esters is 1. The minimum atomic E-state index is -0.285. The molecule has 0 aromatic rings. The molecule has 0 aliphatic carbocycles. The molecule has 0 aromatic carbocycles. The van der Waals surface area contributed by atoms with Gasteiger partial charge in [-0.1, -0.05) is 0 Å². The number of rotatable bonds is 3. The maximum absolute atomic E-state index is 12.0. The number of ether oxygens (including phenoxy) is 1. The fourth-order valence-electron chi connectivity index (χ4n) is 3.18. The average molecular weight is 254 g/mol. The van der Waals surface area contributed by atoms with Crippen LogP contribution in [0.15, 0.2) is 0 Å². The summed E-state index contributed by atoms with van der Waals surface area (Å²) in [4.78, 5) is 25.6. The first-order valence-electron chi connectivity index (χ1n) is 6.78. The van der Waals surface area contributed by atoms with Crippen LogP contribution in [0.4, 0.5) is 0 Å². The molecule has 0 radical (unpaired) electrons. The first-order valence-corrected chi connectivity index (χ1v) is 6.78. The fraction of sp³-hybridized carbons (Fsp3) is 0.846. The Morgan fingerprint density at radius 3 is 2.94 bits per heavy atom. The second kappa shape index (κ2) is 5.69. The minimum Gasteiger partial charge on any atom is -0.466 e. The maximum Gasteiger partial charge on any atom is 0.311 e. The summed E-state index contributed by atoms with van der Waals surface area (Å²) in [7, 11) is 1.81. The van der Waals surface area contributed by atoms with Gasteiger partial charge in [0.15, 0.2) is 0 Å². The van der Waals surface area contributed by atoms with Gasteiger partial charge in [-0.25, -0.2) is 0 Å². The Balaban J connectivity index is 2.11. The van der Waals surface area contributed by atoms with E-state index in [-0.39, 0.29) is 23.8 Å². The van der Waals surface area contributed by atoms with Crippen molar-refractivity contribution in [2.45, 2.75) is 32.2 Å². The van der Waals surface area contributed by atoms with Crippen molar-refractivity contribution in [2.75, 3.05) is 26.7 Å². The van der Waals surface area contributed by atoms with Gasteiger partial charge in [0, 0.05) is 19.5 Å². The molecule has 2 heterocycles. The lowest BCUT2D eigenvalue weighted by molar-refractivity contribution is -0.149. The first-order chi connectivity index (χ1) is 8.65. The summed E-state index contributed by atoms with van der Waals surface area (Å²) in [6.45, 7) is 4.10. The lowest BCUT2D eigenvalue weighted by Gasteiger charge is -2.34. The van der Waals surface area contributed by atoms with Crippen molar-refractivity contribution in [3.63, 3.8) is 0 Å². The van der Waals surface area contributed by atoms with Crippen LogP contribution in [0.2, 0.25) is 0 Å². The molecular formula is C13H22N2O3. The van der Waals surface area contributed by atoms with E-state index in [0.29, 0.717) is 18.9 Å². The van der Waals surface area contributed by atoms with E-state index in [4.69, 9.17) is 4.74 Å². The molecule has 2 aliphatic rings. The van der Waals surface area contributed by atoms with E-state index in [9.17, 15) is 9.59 Å². The van der Waals surface area contributed by atoms with Crippen LogP contribution < -0.4 is 5.32 Å². The average Bonchev–Trinajstić information content (AvgIpc) is 2.67. The molecule has 1 N–H and O–H groups in total. The molecule has 18 heavy (non-hydrogen) atoms. The molecule has 2 fully saturated rings. The molecule has 1 amide bonds. The van der Waals surface area contributed by atoms with Crippen LogP contribution >= 0.6 is 0 Å². The molecule has 0 spiro atoms. The normalized spacial score (nSPS) is 32.7. The minimum absolute atomic E-state index is 0.00403. The van der Waals surface area contributed by atoms with Crippen LogP contribution in [0, 0.1) is 11.8 Å². The topological polar surface area (TPSA) is 58.6 Å². The zero-order chi connectivity index (χ0) is 13.1. The highest BCUT2D eigenvalue weighted by Gasteiger charge is 2.46. The van der Waals surface area contributed by atoms with Gasteiger partial charge in [-0.15, -0.1) is 0 Å². The quantitative estimate of drug-likeness (QED) is 0.741. The Morgan fingerprint density at radius 1 is 1.56 bits per heavy atom. The molecule has 5 nitrogen and oxygen atoms in total. The molecule has 0 bridgehead atoms. The summed E-state index contributed by atoms with van der Waals surface area (Å²) in [5.74, 6) is -0.0774. The van der Waals surface area contributed by atoms with E-state index >= 15 is 0 Å². The summed E-state index contributed by atoms with van der Waals surface area (Å²) in [5, 5.41) is 3.35. The fourth-order valence-corrected chi connectivity index (χ4v) is 3.18. The Labute approximate surface area is 108 Å². The number of nitrogens with one attached hydrogen (secondary N) is 1. The molecule has 3 atom stereocenters. The lowest BCUT2D eigenvalue weighted by atomic mass is 9.84. The van der Waals surface area contributed by atoms with Crippen LogP contribution in [-0.2, 0) is 14.3 Å². The largest absolute Gasteiger partial charge is 0.466 e. The highest BCUT2D eigenvalue weighted by molar-refractivity contribution is 5.87. The number of hydrogen-bond donors (Lipinski definition) is 1. The van der Waals surface area contributed by atoms with Crippen LogP contribution in [0.1, 0.15) is 26.2 Å². The Hall–Kier alpha value is -1.10. The van der Waals surface area contributed by atoms with Crippen molar-refractivity contribution in [3.05, 3.63) is 0 Å². The van der Waals surface area contributed by atoms with E-state index < -0.39 is 0 Å². The first kappa shape index (κ1) is 13.3. The van der Waals surface area contributed by atoms with Gasteiger partial charge in [-0.05, 0) is 38.8 Å². The molecule has 2 aliphatic heterocycles. The van der Waals surface area contributed by atoms with E-state index in [0.717, 1.165) is 25.9 Å². The molecule has 0 aromatic heterocycles. The van der Waals surface area contributed by atoms with Gasteiger partial charge in [0.05, 0.1) is 12.5 Å². The molecule has 0 saturated carbocycles. The third-order valence-corrected chi connectivity index (χ3v) is 4.05. The smallest absolute Gasteiger partial charge is 0.311 e. The van der Waals surface area contributed by atoms with E-state index in [1.165, 1.54) is 0 Å².